The van der Waals surface area contributed by atoms with Crippen LogP contribution in [0.4, 0.5) is 0 Å². The molecule has 0 radical (unpaired) electrons. The van der Waals surface area contributed by atoms with Crippen molar-refractivity contribution in [1.29, 1.82) is 0 Å². The smallest absolute Gasteiger partial charge is 0.119 e. The van der Waals surface area contributed by atoms with Crippen molar-refractivity contribution in [3.8, 4) is 5.75 Å². The van der Waals surface area contributed by atoms with Crippen molar-refractivity contribution in [2.45, 2.75) is 33.1 Å². The lowest BCUT2D eigenvalue weighted by molar-refractivity contribution is 0.317. The highest BCUT2D eigenvalue weighted by atomic mass is 16.5. The minimum Gasteiger partial charge on any atom is -0.508 e. The Bertz CT molecular complexity index is 325. The molecule has 1 aromatic carbocycles. The molecule has 0 unspecified atom stereocenters. The van der Waals surface area contributed by atoms with Crippen molar-refractivity contribution in [3.63, 3.8) is 0 Å². The topological polar surface area (TPSA) is 29.5 Å². The van der Waals surface area contributed by atoms with Crippen LogP contribution in [-0.4, -0.2) is 11.7 Å². The number of allylic oxidation sites excluding steroid dienone is 1. The van der Waals surface area contributed by atoms with Crippen LogP contribution in [0.5, 0.6) is 5.75 Å². The fourth-order valence-electron chi connectivity index (χ4n) is 1.34. The van der Waals surface area contributed by atoms with Crippen molar-refractivity contribution in [3.05, 3.63) is 35.9 Å². The molecule has 1 N–H and O–H groups in total. The monoisotopic (exact) mass is 220 g/mol. The van der Waals surface area contributed by atoms with E-state index < -0.39 is 0 Å². The average Bonchev–Trinajstić information content (AvgIpc) is 2.34. The van der Waals surface area contributed by atoms with Gasteiger partial charge in [-0.1, -0.05) is 20.3 Å². The Morgan fingerprint density at radius 3 is 2.44 bits per heavy atom. The fourth-order valence-corrected chi connectivity index (χ4v) is 1.34. The number of aliphatic hydroxyl groups is 1. The molecule has 0 saturated heterocycles. The number of rotatable bonds is 6. The van der Waals surface area contributed by atoms with E-state index in [1.54, 1.807) is 0 Å². The average molecular weight is 220 g/mol. The molecule has 0 aliphatic carbocycles. The van der Waals surface area contributed by atoms with Gasteiger partial charge in [-0.25, -0.2) is 0 Å². The maximum absolute atomic E-state index is 9.74. The molecule has 2 heteroatoms. The molecule has 0 saturated carbocycles. The van der Waals surface area contributed by atoms with Gasteiger partial charge in [0.25, 0.3) is 0 Å². The van der Waals surface area contributed by atoms with E-state index in [1.807, 2.05) is 30.3 Å². The summed E-state index contributed by atoms with van der Waals surface area (Å²) in [6, 6.07) is 7.54. The van der Waals surface area contributed by atoms with E-state index in [9.17, 15) is 5.11 Å². The maximum Gasteiger partial charge on any atom is 0.119 e. The van der Waals surface area contributed by atoms with Gasteiger partial charge in [0.2, 0.25) is 0 Å². The predicted octanol–water partition coefficient (Wildman–Crippen LogP) is 4.17. The van der Waals surface area contributed by atoms with Gasteiger partial charge in [0, 0.05) is 5.56 Å². The van der Waals surface area contributed by atoms with E-state index in [2.05, 4.69) is 13.8 Å². The molecular weight excluding hydrogens is 200 g/mol. The third kappa shape index (κ3) is 3.97. The summed E-state index contributed by atoms with van der Waals surface area (Å²) in [5, 5.41) is 9.74. The number of hydrogen-bond acceptors (Lipinski definition) is 2. The molecule has 0 fully saturated rings. The fraction of sp³-hybridized carbons (Fsp3) is 0.429. The first-order valence-corrected chi connectivity index (χ1v) is 5.90. The molecule has 0 aliphatic heterocycles. The van der Waals surface area contributed by atoms with Gasteiger partial charge in [-0.2, -0.15) is 0 Å². The lowest BCUT2D eigenvalue weighted by atomic mass is 10.1. The van der Waals surface area contributed by atoms with E-state index in [-0.39, 0.29) is 0 Å². The highest BCUT2D eigenvalue weighted by molar-refractivity contribution is 5.58. The Hall–Kier alpha value is -1.44. The van der Waals surface area contributed by atoms with E-state index in [0.29, 0.717) is 5.76 Å². The highest BCUT2D eigenvalue weighted by Gasteiger charge is 1.99. The van der Waals surface area contributed by atoms with Crippen LogP contribution in [0.1, 0.15) is 38.7 Å². The molecule has 0 aromatic heterocycles. The quantitative estimate of drug-likeness (QED) is 0.729. The first-order valence-electron chi connectivity index (χ1n) is 5.90. The predicted molar refractivity (Wildman–Crippen MR) is 67.7 cm³/mol. The number of ether oxygens (including phenoxy) is 1. The molecule has 0 atom stereocenters. The summed E-state index contributed by atoms with van der Waals surface area (Å²) in [7, 11) is 0. The summed E-state index contributed by atoms with van der Waals surface area (Å²) in [5.41, 5.74) is 0.845. The Kier molecular flexibility index (Phi) is 5.48. The van der Waals surface area contributed by atoms with Gasteiger partial charge in [0.1, 0.15) is 11.5 Å². The van der Waals surface area contributed by atoms with Gasteiger partial charge in [0.15, 0.2) is 0 Å². The summed E-state index contributed by atoms with van der Waals surface area (Å²) in [6.07, 6.45) is 4.80. The van der Waals surface area contributed by atoms with Gasteiger partial charge in [-0.15, -0.1) is 0 Å². The van der Waals surface area contributed by atoms with Crippen molar-refractivity contribution >= 4 is 5.76 Å². The van der Waals surface area contributed by atoms with Crippen LogP contribution in [0.25, 0.3) is 5.76 Å². The number of benzene rings is 1. The van der Waals surface area contributed by atoms with Crippen LogP contribution >= 0.6 is 0 Å². The Morgan fingerprint density at radius 2 is 1.88 bits per heavy atom. The molecule has 0 heterocycles. The SMILES string of the molecule is CCC/C=C(/O)c1ccc(OCCC)cc1. The zero-order valence-electron chi connectivity index (χ0n) is 10.1. The van der Waals surface area contributed by atoms with Crippen LogP contribution in [0.15, 0.2) is 30.3 Å². The third-order valence-electron chi connectivity index (χ3n) is 2.25. The standard InChI is InChI=1S/C14H20O2/c1-3-5-6-14(15)12-7-9-13(10-8-12)16-11-4-2/h6-10,15H,3-5,11H2,1-2H3/b14-6+. The number of aliphatic hydroxyl groups excluding tert-OH is 1. The first-order chi connectivity index (χ1) is 7.77. The molecule has 0 aliphatic rings. The summed E-state index contributed by atoms with van der Waals surface area (Å²) in [6.45, 7) is 4.90. The minimum absolute atomic E-state index is 0.351. The molecule has 0 spiro atoms. The Morgan fingerprint density at radius 1 is 1.19 bits per heavy atom. The van der Waals surface area contributed by atoms with Gasteiger partial charge < -0.3 is 9.84 Å². The van der Waals surface area contributed by atoms with Gasteiger partial charge in [-0.3, -0.25) is 0 Å². The Balaban J connectivity index is 2.63. The third-order valence-corrected chi connectivity index (χ3v) is 2.25. The van der Waals surface area contributed by atoms with E-state index in [4.69, 9.17) is 4.74 Å². The summed E-state index contributed by atoms with van der Waals surface area (Å²) in [4.78, 5) is 0. The molecule has 88 valence electrons. The molecular formula is C14H20O2. The molecule has 0 amide bonds. The van der Waals surface area contributed by atoms with Crippen LogP contribution < -0.4 is 4.74 Å². The van der Waals surface area contributed by atoms with E-state index in [1.165, 1.54) is 0 Å². The summed E-state index contributed by atoms with van der Waals surface area (Å²) >= 11 is 0. The van der Waals surface area contributed by atoms with Crippen LogP contribution in [0.3, 0.4) is 0 Å². The maximum atomic E-state index is 9.74. The second kappa shape index (κ2) is 6.94. The van der Waals surface area contributed by atoms with Crippen LogP contribution in [0.2, 0.25) is 0 Å². The first kappa shape index (κ1) is 12.6. The molecule has 16 heavy (non-hydrogen) atoms. The lowest BCUT2D eigenvalue weighted by Crippen LogP contribution is -1.94. The molecule has 1 rings (SSSR count). The Labute approximate surface area is 97.6 Å². The van der Waals surface area contributed by atoms with Gasteiger partial charge >= 0.3 is 0 Å². The van der Waals surface area contributed by atoms with Crippen molar-refractivity contribution in [1.82, 2.24) is 0 Å². The largest absolute Gasteiger partial charge is 0.508 e. The van der Waals surface area contributed by atoms with Crippen LogP contribution in [-0.2, 0) is 0 Å². The van der Waals surface area contributed by atoms with Gasteiger partial charge in [0.05, 0.1) is 6.61 Å². The van der Waals surface area contributed by atoms with Crippen molar-refractivity contribution in [2.75, 3.05) is 6.61 Å². The van der Waals surface area contributed by atoms with Crippen molar-refractivity contribution < 1.29 is 9.84 Å². The number of hydrogen-bond donors (Lipinski definition) is 1. The number of unbranched alkanes of at least 4 members (excludes halogenated alkanes) is 1. The van der Waals surface area contributed by atoms with Crippen molar-refractivity contribution in [2.24, 2.45) is 0 Å². The molecule has 1 aromatic rings. The van der Waals surface area contributed by atoms with Crippen LogP contribution in [0, 0.1) is 0 Å². The van der Waals surface area contributed by atoms with E-state index in [0.717, 1.165) is 37.2 Å². The molecule has 2 nitrogen and oxygen atoms in total. The lowest BCUT2D eigenvalue weighted by Gasteiger charge is -2.05. The second-order valence-corrected chi connectivity index (χ2v) is 3.75. The highest BCUT2D eigenvalue weighted by Crippen LogP contribution is 2.17. The van der Waals surface area contributed by atoms with Gasteiger partial charge in [-0.05, 0) is 43.2 Å². The second-order valence-electron chi connectivity index (χ2n) is 3.75. The normalized spacial score (nSPS) is 11.5. The zero-order chi connectivity index (χ0) is 11.8. The zero-order valence-corrected chi connectivity index (χ0v) is 10.1. The van der Waals surface area contributed by atoms with E-state index >= 15 is 0 Å². The molecule has 0 bridgehead atoms. The summed E-state index contributed by atoms with van der Waals surface area (Å²) in [5.74, 6) is 1.21. The minimum atomic E-state index is 0.351. The summed E-state index contributed by atoms with van der Waals surface area (Å²) < 4.78 is 5.47.